The molecule has 1 atom stereocenters. The van der Waals surface area contributed by atoms with Gasteiger partial charge >= 0.3 is 5.97 Å². The fourth-order valence-electron chi connectivity index (χ4n) is 2.30. The van der Waals surface area contributed by atoms with Crippen molar-refractivity contribution in [1.82, 2.24) is 0 Å². The summed E-state index contributed by atoms with van der Waals surface area (Å²) >= 11 is 5.96. The largest absolute Gasteiger partial charge is 0.449 e. The number of hydrogen-bond donors (Lipinski definition) is 1. The first kappa shape index (κ1) is 21.6. The maximum Gasteiger partial charge on any atom is 0.340 e. The Morgan fingerprint density at radius 3 is 2.32 bits per heavy atom. The van der Waals surface area contributed by atoms with Gasteiger partial charge in [0.15, 0.2) is 21.7 Å². The molecule has 148 valence electrons. The Labute approximate surface area is 167 Å². The minimum atomic E-state index is -3.55. The van der Waals surface area contributed by atoms with Gasteiger partial charge in [-0.05, 0) is 44.2 Å². The van der Waals surface area contributed by atoms with Gasteiger partial charge in [-0.3, -0.25) is 9.59 Å². The second-order valence-electron chi connectivity index (χ2n) is 6.05. The van der Waals surface area contributed by atoms with Crippen LogP contribution in [0, 0.1) is 0 Å². The van der Waals surface area contributed by atoms with Gasteiger partial charge in [0.25, 0.3) is 5.91 Å². The maximum absolute atomic E-state index is 12.4. The van der Waals surface area contributed by atoms with E-state index in [0.29, 0.717) is 11.3 Å². The molecule has 0 radical (unpaired) electrons. The van der Waals surface area contributed by atoms with Crippen LogP contribution < -0.4 is 5.32 Å². The van der Waals surface area contributed by atoms with E-state index in [4.69, 9.17) is 16.3 Å². The van der Waals surface area contributed by atoms with Gasteiger partial charge in [-0.25, -0.2) is 13.2 Å². The first-order valence-corrected chi connectivity index (χ1v) is 10.4. The van der Waals surface area contributed by atoms with E-state index in [1.54, 1.807) is 24.3 Å². The summed E-state index contributed by atoms with van der Waals surface area (Å²) in [6.07, 6.45) is -0.223. The lowest BCUT2D eigenvalue weighted by Crippen LogP contribution is -2.30. The number of ketones is 1. The summed E-state index contributed by atoms with van der Waals surface area (Å²) in [5.74, 6) is -1.83. The van der Waals surface area contributed by atoms with Crippen LogP contribution >= 0.6 is 11.6 Å². The van der Waals surface area contributed by atoms with Gasteiger partial charge in [0, 0.05) is 11.8 Å². The molecule has 0 aliphatic carbocycles. The Hall–Kier alpha value is -2.71. The quantitative estimate of drug-likeness (QED) is 0.565. The van der Waals surface area contributed by atoms with E-state index in [2.05, 4.69) is 5.32 Å². The average molecular weight is 424 g/mol. The highest BCUT2D eigenvalue weighted by molar-refractivity contribution is 7.90. The van der Waals surface area contributed by atoms with Crippen molar-refractivity contribution in [2.75, 3.05) is 11.6 Å². The third kappa shape index (κ3) is 5.17. The van der Waals surface area contributed by atoms with Crippen LogP contribution in [-0.4, -0.2) is 38.4 Å². The third-order valence-corrected chi connectivity index (χ3v) is 5.24. The number of benzene rings is 2. The zero-order valence-electron chi connectivity index (χ0n) is 15.4. The van der Waals surface area contributed by atoms with Crippen LogP contribution in [0.5, 0.6) is 0 Å². The zero-order chi connectivity index (χ0) is 21.1. The monoisotopic (exact) mass is 423 g/mol. The summed E-state index contributed by atoms with van der Waals surface area (Å²) in [4.78, 5) is 36.2. The number of carbonyl (C=O) groups is 3. The van der Waals surface area contributed by atoms with Crippen LogP contribution in [0.4, 0.5) is 5.69 Å². The second-order valence-corrected chi connectivity index (χ2v) is 8.48. The van der Waals surface area contributed by atoms with Gasteiger partial charge in [-0.15, -0.1) is 0 Å². The Morgan fingerprint density at radius 1 is 1.07 bits per heavy atom. The summed E-state index contributed by atoms with van der Waals surface area (Å²) in [7, 11) is -3.55. The van der Waals surface area contributed by atoms with Crippen molar-refractivity contribution < 1.29 is 27.5 Å². The van der Waals surface area contributed by atoms with Crippen molar-refractivity contribution in [2.24, 2.45) is 0 Å². The van der Waals surface area contributed by atoms with Crippen LogP contribution in [0.25, 0.3) is 0 Å². The Morgan fingerprint density at radius 2 is 1.71 bits per heavy atom. The number of rotatable bonds is 6. The number of ether oxygens (including phenoxy) is 1. The van der Waals surface area contributed by atoms with Crippen molar-refractivity contribution in [3.8, 4) is 0 Å². The molecule has 9 heteroatoms. The van der Waals surface area contributed by atoms with Crippen molar-refractivity contribution >= 4 is 44.8 Å². The van der Waals surface area contributed by atoms with Gasteiger partial charge < -0.3 is 10.1 Å². The van der Waals surface area contributed by atoms with Crippen molar-refractivity contribution in [3.05, 3.63) is 58.6 Å². The fraction of sp³-hybridized carbons (Fsp3) is 0.211. The van der Waals surface area contributed by atoms with Gasteiger partial charge in [0.05, 0.1) is 21.2 Å². The topological polar surface area (TPSA) is 107 Å². The number of Topliss-reactive ketones (excluding diaryl/α,β-unsaturated/α-hetero) is 1. The molecule has 0 heterocycles. The highest BCUT2D eigenvalue weighted by Gasteiger charge is 2.23. The normalized spacial score (nSPS) is 12.1. The Bertz CT molecular complexity index is 1050. The van der Waals surface area contributed by atoms with Crippen LogP contribution in [0.15, 0.2) is 47.4 Å². The molecular formula is C19H18ClNO6S. The van der Waals surface area contributed by atoms with E-state index in [1.165, 1.54) is 26.0 Å². The van der Waals surface area contributed by atoms with E-state index in [9.17, 15) is 22.8 Å². The van der Waals surface area contributed by atoms with Gasteiger partial charge in [-0.1, -0.05) is 23.7 Å². The summed E-state index contributed by atoms with van der Waals surface area (Å²) in [5, 5.41) is 2.53. The van der Waals surface area contributed by atoms with Crippen molar-refractivity contribution in [2.45, 2.75) is 24.8 Å². The van der Waals surface area contributed by atoms with Crippen LogP contribution in [0.3, 0.4) is 0 Å². The van der Waals surface area contributed by atoms with Gasteiger partial charge in [-0.2, -0.15) is 0 Å². The number of nitrogens with one attached hydrogen (secondary N) is 1. The van der Waals surface area contributed by atoms with Gasteiger partial charge in [0.2, 0.25) is 0 Å². The standard InChI is InChI=1S/C19H18ClNO6S/c1-11(22)14-6-4-5-7-17(14)21-18(23)12(2)27-19(24)15-10-13(28(3,25)26)8-9-16(15)20/h4-10,12H,1-3H3,(H,21,23). The average Bonchev–Trinajstić information content (AvgIpc) is 2.61. The predicted molar refractivity (Wildman–Crippen MR) is 105 cm³/mol. The SMILES string of the molecule is CC(=O)c1ccccc1NC(=O)C(C)OC(=O)c1cc(S(C)(=O)=O)ccc1Cl. The predicted octanol–water partition coefficient (Wildman–Crippen LogP) is 3.13. The number of esters is 1. The van der Waals surface area contributed by atoms with Crippen molar-refractivity contribution in [1.29, 1.82) is 0 Å². The van der Waals surface area contributed by atoms with Crippen LogP contribution in [0.1, 0.15) is 34.6 Å². The van der Waals surface area contributed by atoms with Crippen LogP contribution in [0.2, 0.25) is 5.02 Å². The molecule has 2 rings (SSSR count). The molecule has 0 saturated heterocycles. The summed E-state index contributed by atoms with van der Waals surface area (Å²) in [6, 6.07) is 10.0. The number of anilines is 1. The van der Waals surface area contributed by atoms with E-state index in [-0.39, 0.29) is 21.3 Å². The number of carbonyl (C=O) groups excluding carboxylic acids is 3. The molecule has 0 aliphatic rings. The van der Waals surface area contributed by atoms with E-state index in [0.717, 1.165) is 12.3 Å². The summed E-state index contributed by atoms with van der Waals surface area (Å²) in [5.41, 5.74) is 0.437. The minimum absolute atomic E-state index is 0.00747. The van der Waals surface area contributed by atoms with Gasteiger partial charge in [0.1, 0.15) is 0 Å². The van der Waals surface area contributed by atoms with E-state index in [1.807, 2.05) is 0 Å². The number of halogens is 1. The second kappa shape index (κ2) is 8.53. The number of hydrogen-bond acceptors (Lipinski definition) is 6. The zero-order valence-corrected chi connectivity index (χ0v) is 16.9. The molecule has 7 nitrogen and oxygen atoms in total. The molecule has 1 unspecified atom stereocenters. The molecule has 0 saturated carbocycles. The van der Waals surface area contributed by atoms with E-state index >= 15 is 0 Å². The first-order chi connectivity index (χ1) is 13.0. The lowest BCUT2D eigenvalue weighted by molar-refractivity contribution is -0.123. The molecule has 1 N–H and O–H groups in total. The highest BCUT2D eigenvalue weighted by Crippen LogP contribution is 2.22. The molecule has 0 aliphatic heterocycles. The molecule has 0 bridgehead atoms. The summed E-state index contributed by atoms with van der Waals surface area (Å²) in [6.45, 7) is 2.71. The molecular weight excluding hydrogens is 406 g/mol. The maximum atomic E-state index is 12.4. The number of sulfone groups is 1. The Kier molecular flexibility index (Phi) is 6.58. The molecule has 28 heavy (non-hydrogen) atoms. The molecule has 2 aromatic rings. The summed E-state index contributed by atoms with van der Waals surface area (Å²) < 4.78 is 28.4. The smallest absolute Gasteiger partial charge is 0.340 e. The first-order valence-electron chi connectivity index (χ1n) is 8.12. The van der Waals surface area contributed by atoms with E-state index < -0.39 is 27.8 Å². The molecule has 0 aromatic heterocycles. The molecule has 0 spiro atoms. The van der Waals surface area contributed by atoms with Crippen molar-refractivity contribution in [3.63, 3.8) is 0 Å². The lowest BCUT2D eigenvalue weighted by atomic mass is 10.1. The highest BCUT2D eigenvalue weighted by atomic mass is 35.5. The molecule has 0 fully saturated rings. The minimum Gasteiger partial charge on any atom is -0.449 e. The number of para-hydroxylation sites is 1. The number of amides is 1. The lowest BCUT2D eigenvalue weighted by Gasteiger charge is -2.15. The Balaban J connectivity index is 2.17. The molecule has 2 aromatic carbocycles. The molecule has 1 amide bonds. The fourth-order valence-corrected chi connectivity index (χ4v) is 3.14. The van der Waals surface area contributed by atoms with Crippen LogP contribution in [-0.2, 0) is 19.4 Å². The third-order valence-electron chi connectivity index (χ3n) is 3.80.